The molecule has 0 radical (unpaired) electrons. The third-order valence-electron chi connectivity index (χ3n) is 8.13. The summed E-state index contributed by atoms with van der Waals surface area (Å²) in [4.78, 5) is 78.0. The van der Waals surface area contributed by atoms with Crippen LogP contribution in [0, 0.1) is 32.5 Å². The Morgan fingerprint density at radius 3 is 0.675 bits per heavy atom. The van der Waals surface area contributed by atoms with Crippen molar-refractivity contribution in [1.82, 2.24) is 0 Å². The van der Waals surface area contributed by atoms with Gasteiger partial charge < -0.3 is 0 Å². The van der Waals surface area contributed by atoms with E-state index in [4.69, 9.17) is 0 Å². The van der Waals surface area contributed by atoms with Crippen LogP contribution in [0.1, 0.15) is 123 Å². The number of ketones is 6. The van der Waals surface area contributed by atoms with Gasteiger partial charge in [-0.25, -0.2) is 0 Å². The fourth-order valence-corrected chi connectivity index (χ4v) is 18.1. The van der Waals surface area contributed by atoms with E-state index in [1.54, 1.807) is 62.3 Å². The molecule has 0 aliphatic rings. The van der Waals surface area contributed by atoms with Gasteiger partial charge in [-0.3, -0.25) is 0 Å². The second-order valence-corrected chi connectivity index (χ2v) is 24.2. The van der Waals surface area contributed by atoms with Crippen LogP contribution in [0.3, 0.4) is 0 Å². The standard InChI is InChI=1S/3C11H19O2.Y/c3*1-10(2,3)8(12)7-9(13)11(4,5)6;/h3*1,7H2,2-6H3;. The first kappa shape index (κ1) is 39.1. The summed E-state index contributed by atoms with van der Waals surface area (Å²) in [7, 11) is 0. The number of rotatable bonds is 15. The van der Waals surface area contributed by atoms with Gasteiger partial charge in [-0.15, -0.1) is 0 Å². The molecule has 0 aromatic heterocycles. The zero-order valence-electron chi connectivity index (χ0n) is 28.3. The van der Waals surface area contributed by atoms with E-state index in [2.05, 4.69) is 0 Å². The van der Waals surface area contributed by atoms with Crippen LogP contribution < -0.4 is 0 Å². The molecule has 0 saturated heterocycles. The molecular formula is C33H57O6Y. The Labute approximate surface area is 254 Å². The minimum absolute atomic E-state index is 0.107. The molecule has 40 heavy (non-hydrogen) atoms. The van der Waals surface area contributed by atoms with Gasteiger partial charge in [-0.2, -0.15) is 0 Å². The molecule has 0 bridgehead atoms. The Balaban J connectivity index is 6.21. The van der Waals surface area contributed by atoms with Crippen LogP contribution in [0.2, 0.25) is 9.69 Å². The first-order chi connectivity index (χ1) is 17.4. The predicted octanol–water partition coefficient (Wildman–Crippen LogP) is 7.66. The molecule has 7 heteroatoms. The van der Waals surface area contributed by atoms with E-state index in [1.807, 2.05) is 41.5 Å². The molecule has 0 saturated carbocycles. The topological polar surface area (TPSA) is 102 Å². The monoisotopic (exact) mass is 638 g/mol. The van der Waals surface area contributed by atoms with Crippen molar-refractivity contribution in [2.45, 2.75) is 133 Å². The Morgan fingerprint density at radius 1 is 0.350 bits per heavy atom. The number of carbonyl (C=O) groups is 6. The normalized spacial score (nSPS) is 13.6. The summed E-state index contributed by atoms with van der Waals surface area (Å²) in [6, 6.07) is 0. The van der Waals surface area contributed by atoms with Crippen molar-refractivity contribution in [3.63, 3.8) is 0 Å². The molecule has 0 fully saturated rings. The first-order valence-corrected chi connectivity index (χ1v) is 20.7. The third-order valence-corrected chi connectivity index (χ3v) is 19.9. The van der Waals surface area contributed by atoms with Crippen LogP contribution in [0.15, 0.2) is 0 Å². The molecule has 0 aliphatic carbocycles. The van der Waals surface area contributed by atoms with E-state index in [1.165, 1.54) is 0 Å². The summed E-state index contributed by atoms with van der Waals surface area (Å²) in [5.41, 5.74) is -4.17. The Bertz CT molecular complexity index is 865. The third kappa shape index (κ3) is 12.6. The van der Waals surface area contributed by atoms with Gasteiger partial charge in [0, 0.05) is 0 Å². The zero-order valence-corrected chi connectivity index (χ0v) is 31.1. The molecule has 0 unspecified atom stereocenters. The Hall–Kier alpha value is -0.876. The number of carbonyl (C=O) groups excluding carboxylic acids is 6. The van der Waals surface area contributed by atoms with Gasteiger partial charge in [0.05, 0.1) is 0 Å². The second-order valence-electron chi connectivity index (χ2n) is 16.9. The maximum absolute atomic E-state index is 13.4. The molecule has 6 nitrogen and oxygen atoms in total. The summed E-state index contributed by atoms with van der Waals surface area (Å²) in [6.45, 7) is 27.4. The number of hydrogen-bond donors (Lipinski definition) is 0. The van der Waals surface area contributed by atoms with E-state index >= 15 is 0 Å². The van der Waals surface area contributed by atoms with E-state index < -0.39 is 59.9 Å². The molecule has 0 rings (SSSR count). The van der Waals surface area contributed by atoms with Crippen molar-refractivity contribution in [2.75, 3.05) is 0 Å². The van der Waals surface area contributed by atoms with Gasteiger partial charge in [0.2, 0.25) is 0 Å². The van der Waals surface area contributed by atoms with Gasteiger partial charge in [0.1, 0.15) is 0 Å². The van der Waals surface area contributed by atoms with Crippen LogP contribution in [0.5, 0.6) is 0 Å². The van der Waals surface area contributed by atoms with Crippen LogP contribution >= 0.6 is 0 Å². The van der Waals surface area contributed by atoms with Gasteiger partial charge in [0.15, 0.2) is 0 Å². The first-order valence-electron chi connectivity index (χ1n) is 14.6. The minimum atomic E-state index is -2.95. The molecule has 0 N–H and O–H groups in total. The van der Waals surface area contributed by atoms with Gasteiger partial charge in [-0.05, 0) is 0 Å². The van der Waals surface area contributed by atoms with E-state index in [0.717, 1.165) is 0 Å². The Kier molecular flexibility index (Phi) is 13.3. The van der Waals surface area contributed by atoms with Crippen molar-refractivity contribution in [3.8, 4) is 0 Å². The summed E-state index contributed by atoms with van der Waals surface area (Å²) < 4.78 is 1.75. The molecule has 0 aromatic rings. The fourth-order valence-electron chi connectivity index (χ4n) is 4.67. The van der Waals surface area contributed by atoms with E-state index in [0.29, 0.717) is 9.69 Å². The van der Waals surface area contributed by atoms with Crippen molar-refractivity contribution in [1.29, 1.82) is 0 Å². The average Bonchev–Trinajstić information content (AvgIpc) is 2.70. The van der Waals surface area contributed by atoms with Crippen molar-refractivity contribution < 1.29 is 56.2 Å². The van der Waals surface area contributed by atoms with Crippen molar-refractivity contribution >= 4 is 34.7 Å². The summed E-state index contributed by atoms with van der Waals surface area (Å²) >= 11 is -2.95. The molecule has 0 aliphatic heterocycles. The molecule has 0 aromatic carbocycles. The maximum atomic E-state index is 13.4. The van der Waals surface area contributed by atoms with Crippen molar-refractivity contribution in [3.05, 3.63) is 0 Å². The van der Waals surface area contributed by atoms with E-state index in [-0.39, 0.29) is 54.0 Å². The predicted molar refractivity (Wildman–Crippen MR) is 158 cm³/mol. The fraction of sp³-hybridized carbons (Fsp3) is 0.818. The van der Waals surface area contributed by atoms with Crippen LogP contribution in [-0.4, -0.2) is 34.7 Å². The van der Waals surface area contributed by atoms with Gasteiger partial charge >= 0.3 is 256 Å². The summed E-state index contributed by atoms with van der Waals surface area (Å²) in [5, 5.41) is 0. The van der Waals surface area contributed by atoms with Crippen LogP contribution in [-0.2, 0) is 56.2 Å². The van der Waals surface area contributed by atoms with Gasteiger partial charge in [-0.1, -0.05) is 0 Å². The SMILES string of the molecule is CC(C)(C)C(=O)CC(=O)C(C)(C)[CH2][Y]([CH2]C(C)(C)C(=O)CC(=O)C(C)(C)C)[CH2]C(C)(C)C(=O)CC(=O)C(C)(C)C. The average molecular weight is 639 g/mol. The number of hydrogen-bond acceptors (Lipinski definition) is 6. The summed E-state index contributed by atoms with van der Waals surface area (Å²) in [6.07, 6.45) is -0.417. The molecule has 0 heterocycles. The van der Waals surface area contributed by atoms with E-state index in [9.17, 15) is 28.8 Å². The molecule has 0 spiro atoms. The second kappa shape index (κ2) is 13.6. The summed E-state index contributed by atoms with van der Waals surface area (Å²) in [5.74, 6) is -0.672. The van der Waals surface area contributed by atoms with Gasteiger partial charge in [0.25, 0.3) is 0 Å². The van der Waals surface area contributed by atoms with Crippen molar-refractivity contribution in [2.24, 2.45) is 32.5 Å². The molecule has 0 atom stereocenters. The molecule has 0 amide bonds. The molecule has 228 valence electrons. The van der Waals surface area contributed by atoms with Crippen LogP contribution in [0.4, 0.5) is 0 Å². The van der Waals surface area contributed by atoms with Crippen LogP contribution in [0.25, 0.3) is 0 Å². The quantitative estimate of drug-likeness (QED) is 0.171. The molecular weight excluding hydrogens is 581 g/mol. The zero-order chi connectivity index (χ0) is 32.3. The Morgan fingerprint density at radius 2 is 0.525 bits per heavy atom. The number of Topliss-reactive ketones (excluding diaryl/α,β-unsaturated/α-hetero) is 6.